The first-order valence-corrected chi connectivity index (χ1v) is 7.99. The number of methoxy groups -OCH3 is 1. The summed E-state index contributed by atoms with van der Waals surface area (Å²) in [6, 6.07) is 16.2. The second-order valence-electron chi connectivity index (χ2n) is 5.51. The molecule has 1 heterocycles. The number of aryl methyl sites for hydroxylation is 1. The van der Waals surface area contributed by atoms with Crippen LogP contribution < -0.4 is 33.3 Å². The number of rotatable bonds is 6. The first kappa shape index (κ1) is 18.4. The molecule has 0 spiro atoms. The van der Waals surface area contributed by atoms with Gasteiger partial charge < -0.3 is 28.7 Å². The summed E-state index contributed by atoms with van der Waals surface area (Å²) in [5.74, 6) is 0.853. The van der Waals surface area contributed by atoms with Gasteiger partial charge in [-0.1, -0.05) is 35.3 Å². The Morgan fingerprint density at radius 2 is 1.88 bits per heavy atom. The minimum atomic E-state index is 0. The van der Waals surface area contributed by atoms with Crippen LogP contribution >= 0.6 is 0 Å². The van der Waals surface area contributed by atoms with Crippen LogP contribution in [-0.2, 0) is 6.54 Å². The molecule has 0 atom stereocenters. The van der Waals surface area contributed by atoms with E-state index in [0.29, 0.717) is 0 Å². The van der Waals surface area contributed by atoms with Gasteiger partial charge in [-0.3, -0.25) is 0 Å². The maximum absolute atomic E-state index is 5.18. The maximum Gasteiger partial charge on any atom is 0.270 e. The number of imidazole rings is 1. The normalized spacial score (nSPS) is 10.9. The average molecular weight is 435 g/mol. The Hall–Kier alpha value is -1.89. The van der Waals surface area contributed by atoms with Crippen molar-refractivity contribution in [2.75, 3.05) is 7.11 Å². The number of halogens is 1. The van der Waals surface area contributed by atoms with Gasteiger partial charge in [0.1, 0.15) is 5.75 Å². The number of fused-ring (bicyclic) bond motifs is 1. The SMILES string of the molecule is CCCC[n+]1cn(/N=C/c2ccc(OC)cc2)c2ccccc21.[I-]. The van der Waals surface area contributed by atoms with Crippen molar-refractivity contribution in [1.82, 2.24) is 4.68 Å². The standard InChI is InChI=1S/C19H22N3O.HI/c1-3-4-13-21-15-22(19-8-6-5-7-18(19)21)20-14-16-9-11-17(23-2)12-10-16;/h5-12,14-15H,3-4,13H2,1-2H3;1H/q+1;/p-1/b20-14+;. The fourth-order valence-corrected chi connectivity index (χ4v) is 2.57. The molecule has 0 bridgehead atoms. The van der Waals surface area contributed by atoms with Gasteiger partial charge in [0.15, 0.2) is 5.52 Å². The Kier molecular flexibility index (Phi) is 6.78. The molecule has 1 aromatic heterocycles. The van der Waals surface area contributed by atoms with Crippen LogP contribution in [0.15, 0.2) is 60.0 Å². The average Bonchev–Trinajstić information content (AvgIpc) is 2.96. The van der Waals surface area contributed by atoms with Gasteiger partial charge in [-0.15, -0.1) is 0 Å². The van der Waals surface area contributed by atoms with Crippen LogP contribution in [0.3, 0.4) is 0 Å². The van der Waals surface area contributed by atoms with E-state index < -0.39 is 0 Å². The van der Waals surface area contributed by atoms with Gasteiger partial charge in [-0.25, -0.2) is 4.57 Å². The van der Waals surface area contributed by atoms with E-state index in [1.807, 2.05) is 41.2 Å². The monoisotopic (exact) mass is 435 g/mol. The summed E-state index contributed by atoms with van der Waals surface area (Å²) in [6.45, 7) is 3.23. The predicted molar refractivity (Wildman–Crippen MR) is 93.0 cm³/mol. The molecule has 0 aliphatic carbocycles. The Labute approximate surface area is 159 Å². The minimum Gasteiger partial charge on any atom is -1.00 e. The number of ether oxygens (including phenoxy) is 1. The molecule has 2 aromatic carbocycles. The van der Waals surface area contributed by atoms with Crippen molar-refractivity contribution in [3.63, 3.8) is 0 Å². The lowest BCUT2D eigenvalue weighted by Gasteiger charge is -1.97. The highest BCUT2D eigenvalue weighted by molar-refractivity contribution is 5.80. The number of para-hydroxylation sites is 2. The summed E-state index contributed by atoms with van der Waals surface area (Å²) in [5, 5.41) is 4.62. The van der Waals surface area contributed by atoms with Crippen molar-refractivity contribution in [1.29, 1.82) is 0 Å². The van der Waals surface area contributed by atoms with E-state index in [-0.39, 0.29) is 24.0 Å². The topological polar surface area (TPSA) is 30.4 Å². The highest BCUT2D eigenvalue weighted by atomic mass is 127. The fraction of sp³-hybridized carbons (Fsp3) is 0.263. The van der Waals surface area contributed by atoms with E-state index >= 15 is 0 Å². The van der Waals surface area contributed by atoms with Gasteiger partial charge in [-0.05, 0) is 48.4 Å². The molecular formula is C19H22IN3O. The fourth-order valence-electron chi connectivity index (χ4n) is 2.57. The number of hydrogen-bond acceptors (Lipinski definition) is 2. The van der Waals surface area contributed by atoms with Crippen LogP contribution in [0.4, 0.5) is 0 Å². The Bertz CT molecular complexity index is 809. The number of nitrogens with zero attached hydrogens (tertiary/aromatic N) is 3. The van der Waals surface area contributed by atoms with Crippen molar-refractivity contribution in [3.05, 3.63) is 60.4 Å². The molecule has 126 valence electrons. The molecule has 3 aromatic rings. The van der Waals surface area contributed by atoms with E-state index in [0.717, 1.165) is 23.4 Å². The Morgan fingerprint density at radius 3 is 2.58 bits per heavy atom. The molecule has 24 heavy (non-hydrogen) atoms. The Balaban J connectivity index is 0.00000208. The quantitative estimate of drug-likeness (QED) is 0.318. The van der Waals surface area contributed by atoms with Crippen molar-refractivity contribution in [2.24, 2.45) is 5.10 Å². The molecule has 5 heteroatoms. The van der Waals surface area contributed by atoms with Crippen molar-refractivity contribution in [3.8, 4) is 5.75 Å². The molecule has 0 unspecified atom stereocenters. The third-order valence-electron chi connectivity index (χ3n) is 3.89. The zero-order valence-electron chi connectivity index (χ0n) is 14.0. The second kappa shape index (κ2) is 8.82. The first-order chi connectivity index (χ1) is 11.3. The molecular weight excluding hydrogens is 413 g/mol. The molecule has 0 saturated carbocycles. The van der Waals surface area contributed by atoms with Crippen molar-refractivity contribution < 1.29 is 33.3 Å². The number of benzene rings is 2. The maximum atomic E-state index is 5.18. The molecule has 0 aliphatic rings. The lowest BCUT2D eigenvalue weighted by Crippen LogP contribution is -3.00. The predicted octanol–water partition coefficient (Wildman–Crippen LogP) is 0.624. The first-order valence-electron chi connectivity index (χ1n) is 7.99. The van der Waals surface area contributed by atoms with Crippen LogP contribution in [0.2, 0.25) is 0 Å². The lowest BCUT2D eigenvalue weighted by molar-refractivity contribution is -0.672. The summed E-state index contributed by atoms with van der Waals surface area (Å²) < 4.78 is 9.39. The molecule has 3 rings (SSSR count). The number of unbranched alkanes of at least 4 members (excludes halogenated alkanes) is 1. The summed E-state index contributed by atoms with van der Waals surface area (Å²) >= 11 is 0. The molecule has 0 saturated heterocycles. The minimum absolute atomic E-state index is 0. The van der Waals surface area contributed by atoms with E-state index in [9.17, 15) is 0 Å². The third-order valence-corrected chi connectivity index (χ3v) is 3.89. The van der Waals surface area contributed by atoms with E-state index in [4.69, 9.17) is 4.74 Å². The van der Waals surface area contributed by atoms with Gasteiger partial charge in [0, 0.05) is 0 Å². The number of hydrogen-bond donors (Lipinski definition) is 0. The summed E-state index contributed by atoms with van der Waals surface area (Å²) in [4.78, 5) is 0. The van der Waals surface area contributed by atoms with Crippen LogP contribution in [0.1, 0.15) is 25.3 Å². The smallest absolute Gasteiger partial charge is 0.270 e. The lowest BCUT2D eigenvalue weighted by atomic mass is 10.2. The zero-order chi connectivity index (χ0) is 16.1. The summed E-state index contributed by atoms with van der Waals surface area (Å²) in [7, 11) is 1.67. The molecule has 0 fully saturated rings. The molecule has 0 aliphatic heterocycles. The summed E-state index contributed by atoms with van der Waals surface area (Å²) in [5.41, 5.74) is 3.38. The van der Waals surface area contributed by atoms with Gasteiger partial charge in [-0.2, -0.15) is 0 Å². The Morgan fingerprint density at radius 1 is 1.12 bits per heavy atom. The zero-order valence-corrected chi connectivity index (χ0v) is 16.2. The van der Waals surface area contributed by atoms with E-state index in [2.05, 4.69) is 41.1 Å². The van der Waals surface area contributed by atoms with Gasteiger partial charge in [0.2, 0.25) is 5.52 Å². The van der Waals surface area contributed by atoms with Gasteiger partial charge >= 0.3 is 0 Å². The largest absolute Gasteiger partial charge is 1.00 e. The van der Waals surface area contributed by atoms with Gasteiger partial charge in [0.25, 0.3) is 6.33 Å². The molecule has 4 nitrogen and oxygen atoms in total. The second-order valence-corrected chi connectivity index (χ2v) is 5.51. The van der Waals surface area contributed by atoms with E-state index in [1.165, 1.54) is 18.4 Å². The molecule has 0 N–H and O–H groups in total. The van der Waals surface area contributed by atoms with Crippen molar-refractivity contribution >= 4 is 17.2 Å². The third kappa shape index (κ3) is 4.14. The summed E-state index contributed by atoms with van der Waals surface area (Å²) in [6.07, 6.45) is 6.29. The van der Waals surface area contributed by atoms with E-state index in [1.54, 1.807) is 7.11 Å². The van der Waals surface area contributed by atoms with Crippen LogP contribution in [0, 0.1) is 0 Å². The highest BCUT2D eigenvalue weighted by Crippen LogP contribution is 2.12. The van der Waals surface area contributed by atoms with Crippen LogP contribution in [0.5, 0.6) is 5.75 Å². The number of aromatic nitrogens is 2. The van der Waals surface area contributed by atoms with Crippen molar-refractivity contribution in [2.45, 2.75) is 26.3 Å². The highest BCUT2D eigenvalue weighted by Gasteiger charge is 2.13. The van der Waals surface area contributed by atoms with Gasteiger partial charge in [0.05, 0.1) is 19.9 Å². The van der Waals surface area contributed by atoms with Crippen LogP contribution in [-0.4, -0.2) is 18.0 Å². The van der Waals surface area contributed by atoms with Crippen LogP contribution in [0.25, 0.3) is 11.0 Å². The molecule has 0 radical (unpaired) electrons. The molecule has 0 amide bonds.